The largest absolute Gasteiger partial charge is 0.0755 e. The molecule has 0 saturated carbocycles. The molecule has 0 nitrogen and oxygen atoms in total. The Balaban J connectivity index is 1.56. The van der Waals surface area contributed by atoms with Crippen molar-refractivity contribution in [2.75, 3.05) is 0 Å². The van der Waals surface area contributed by atoms with Crippen LogP contribution >= 0.6 is 0 Å². The summed E-state index contributed by atoms with van der Waals surface area (Å²) in [4.78, 5) is 0. The highest BCUT2D eigenvalue weighted by Gasteiger charge is 2.12. The number of allylic oxidation sites excluding steroid dienone is 1. The van der Waals surface area contributed by atoms with Crippen LogP contribution in [0.25, 0.3) is 5.57 Å². The summed E-state index contributed by atoms with van der Waals surface area (Å²) in [6.45, 7) is 0. The highest BCUT2D eigenvalue weighted by Crippen LogP contribution is 2.30. The number of aryl methyl sites for hydroxylation is 1. The summed E-state index contributed by atoms with van der Waals surface area (Å²) in [7, 11) is 0. The molecule has 0 saturated heterocycles. The molecule has 0 bridgehead atoms. The van der Waals surface area contributed by atoms with Crippen LogP contribution in [0.2, 0.25) is 0 Å². The van der Waals surface area contributed by atoms with Gasteiger partial charge in [-0.15, -0.1) is 0 Å². The molecule has 0 heteroatoms. The van der Waals surface area contributed by atoms with Crippen LogP contribution in [0, 0.1) is 0 Å². The lowest BCUT2D eigenvalue weighted by atomic mass is 9.87. The second kappa shape index (κ2) is 11.1. The standard InChI is InChI=1S/C31H30/c1-5-14-26(15-6-1)16-13-23-28(27-17-7-2-8-18-27)24-25-31(29-19-9-3-10-20-29)30-21-11-4-12-22-30/h1-12,14-15,17-22,25,28H,13,16,23-24H2. The van der Waals surface area contributed by atoms with Gasteiger partial charge in [0.1, 0.15) is 0 Å². The SMILES string of the molecule is C(CC(CCCc1ccccc1)c1ccccc1)=C(c1ccccc1)c1ccccc1. The Hall–Kier alpha value is -3.38. The van der Waals surface area contributed by atoms with Crippen molar-refractivity contribution >= 4 is 5.57 Å². The molecule has 4 rings (SSSR count). The fourth-order valence-corrected chi connectivity index (χ4v) is 4.24. The van der Waals surface area contributed by atoms with Crippen molar-refractivity contribution in [2.24, 2.45) is 0 Å². The molecule has 4 aromatic carbocycles. The van der Waals surface area contributed by atoms with Gasteiger partial charge in [0.05, 0.1) is 0 Å². The second-order valence-corrected chi connectivity index (χ2v) is 8.07. The van der Waals surface area contributed by atoms with Gasteiger partial charge in [-0.2, -0.15) is 0 Å². The lowest BCUT2D eigenvalue weighted by molar-refractivity contribution is 0.597. The molecule has 0 aliphatic heterocycles. The van der Waals surface area contributed by atoms with E-state index in [0.717, 1.165) is 12.8 Å². The first kappa shape index (κ1) is 20.9. The molecule has 0 spiro atoms. The topological polar surface area (TPSA) is 0 Å². The smallest absolute Gasteiger partial charge is 0.0127 e. The first-order chi connectivity index (χ1) is 15.4. The summed E-state index contributed by atoms with van der Waals surface area (Å²) in [6.07, 6.45) is 7.01. The van der Waals surface area contributed by atoms with Gasteiger partial charge in [-0.25, -0.2) is 0 Å². The molecule has 0 fully saturated rings. The fourth-order valence-electron chi connectivity index (χ4n) is 4.24. The summed E-state index contributed by atoms with van der Waals surface area (Å²) in [5.41, 5.74) is 6.76. The van der Waals surface area contributed by atoms with E-state index in [1.807, 2.05) is 0 Å². The van der Waals surface area contributed by atoms with E-state index in [-0.39, 0.29) is 0 Å². The maximum Gasteiger partial charge on any atom is -0.0127 e. The van der Waals surface area contributed by atoms with Crippen LogP contribution in [0.5, 0.6) is 0 Å². The summed E-state index contributed by atoms with van der Waals surface area (Å²) in [5, 5.41) is 0. The van der Waals surface area contributed by atoms with Crippen LogP contribution in [-0.4, -0.2) is 0 Å². The Morgan fingerprint density at radius 3 is 1.61 bits per heavy atom. The first-order valence-electron chi connectivity index (χ1n) is 11.3. The average molecular weight is 403 g/mol. The molecule has 0 heterocycles. The molecule has 0 aromatic heterocycles. The molecule has 4 aromatic rings. The van der Waals surface area contributed by atoms with Crippen molar-refractivity contribution in [3.05, 3.63) is 150 Å². The van der Waals surface area contributed by atoms with Gasteiger partial charge in [-0.3, -0.25) is 0 Å². The molecule has 0 aliphatic rings. The van der Waals surface area contributed by atoms with Crippen molar-refractivity contribution in [3.63, 3.8) is 0 Å². The summed E-state index contributed by atoms with van der Waals surface area (Å²) >= 11 is 0. The Labute approximate surface area is 186 Å². The van der Waals surface area contributed by atoms with Crippen LogP contribution < -0.4 is 0 Å². The predicted molar refractivity (Wildman–Crippen MR) is 133 cm³/mol. The molecule has 1 atom stereocenters. The van der Waals surface area contributed by atoms with E-state index < -0.39 is 0 Å². The van der Waals surface area contributed by atoms with Crippen molar-refractivity contribution in [1.29, 1.82) is 0 Å². The lowest BCUT2D eigenvalue weighted by Crippen LogP contribution is -2.00. The third kappa shape index (κ3) is 6.06. The molecular formula is C31H30. The van der Waals surface area contributed by atoms with Gasteiger partial charge < -0.3 is 0 Å². The molecule has 0 aliphatic carbocycles. The first-order valence-corrected chi connectivity index (χ1v) is 11.3. The molecule has 154 valence electrons. The van der Waals surface area contributed by atoms with Gasteiger partial charge >= 0.3 is 0 Å². The number of rotatable bonds is 9. The van der Waals surface area contributed by atoms with Crippen molar-refractivity contribution < 1.29 is 0 Å². The Kier molecular flexibility index (Phi) is 7.50. The maximum atomic E-state index is 2.45. The Morgan fingerprint density at radius 1 is 0.581 bits per heavy atom. The molecule has 0 amide bonds. The van der Waals surface area contributed by atoms with E-state index in [9.17, 15) is 0 Å². The van der Waals surface area contributed by atoms with E-state index in [0.29, 0.717) is 5.92 Å². The highest BCUT2D eigenvalue weighted by atomic mass is 14.2. The highest BCUT2D eigenvalue weighted by molar-refractivity contribution is 5.79. The van der Waals surface area contributed by atoms with Crippen LogP contribution in [0.3, 0.4) is 0 Å². The molecule has 1 unspecified atom stereocenters. The van der Waals surface area contributed by atoms with Crippen molar-refractivity contribution in [1.82, 2.24) is 0 Å². The minimum Gasteiger partial charge on any atom is -0.0755 e. The molecule has 0 radical (unpaired) electrons. The molecular weight excluding hydrogens is 372 g/mol. The van der Waals surface area contributed by atoms with Crippen molar-refractivity contribution in [2.45, 2.75) is 31.6 Å². The molecule has 31 heavy (non-hydrogen) atoms. The minimum atomic E-state index is 0.521. The van der Waals surface area contributed by atoms with Gasteiger partial charge in [0.2, 0.25) is 0 Å². The van der Waals surface area contributed by atoms with Gasteiger partial charge in [-0.1, -0.05) is 127 Å². The third-order valence-electron chi connectivity index (χ3n) is 5.91. The minimum absolute atomic E-state index is 0.521. The normalized spacial score (nSPS) is 11.6. The number of hydrogen-bond acceptors (Lipinski definition) is 0. The van der Waals surface area contributed by atoms with Crippen LogP contribution in [0.15, 0.2) is 127 Å². The second-order valence-electron chi connectivity index (χ2n) is 8.07. The van der Waals surface area contributed by atoms with Gasteiger partial charge in [0, 0.05) is 0 Å². The summed E-state index contributed by atoms with van der Waals surface area (Å²) < 4.78 is 0. The third-order valence-corrected chi connectivity index (χ3v) is 5.91. The monoisotopic (exact) mass is 402 g/mol. The van der Waals surface area contributed by atoms with Gasteiger partial charge in [-0.05, 0) is 59.4 Å². The van der Waals surface area contributed by atoms with Gasteiger partial charge in [0.25, 0.3) is 0 Å². The zero-order chi connectivity index (χ0) is 21.1. The Morgan fingerprint density at radius 2 is 1.06 bits per heavy atom. The average Bonchev–Trinajstić information content (AvgIpc) is 2.85. The summed E-state index contributed by atoms with van der Waals surface area (Å²) in [5.74, 6) is 0.521. The zero-order valence-electron chi connectivity index (χ0n) is 18.0. The van der Waals surface area contributed by atoms with Gasteiger partial charge in [0.15, 0.2) is 0 Å². The van der Waals surface area contributed by atoms with E-state index in [4.69, 9.17) is 0 Å². The van der Waals surface area contributed by atoms with E-state index in [1.54, 1.807) is 0 Å². The Bertz CT molecular complexity index is 1010. The van der Waals surface area contributed by atoms with Crippen LogP contribution in [-0.2, 0) is 6.42 Å². The number of benzene rings is 4. The lowest BCUT2D eigenvalue weighted by Gasteiger charge is -2.17. The summed E-state index contributed by atoms with van der Waals surface area (Å²) in [6, 6.07) is 43.4. The quantitative estimate of drug-likeness (QED) is 0.264. The van der Waals surface area contributed by atoms with E-state index in [2.05, 4.69) is 127 Å². The van der Waals surface area contributed by atoms with E-state index in [1.165, 1.54) is 40.7 Å². The van der Waals surface area contributed by atoms with E-state index >= 15 is 0 Å². The van der Waals surface area contributed by atoms with Crippen LogP contribution in [0.1, 0.15) is 47.4 Å². The molecule has 0 N–H and O–H groups in total. The van der Waals surface area contributed by atoms with Crippen molar-refractivity contribution in [3.8, 4) is 0 Å². The maximum absolute atomic E-state index is 2.45. The zero-order valence-corrected chi connectivity index (χ0v) is 18.0. The fraction of sp³-hybridized carbons (Fsp3) is 0.161. The predicted octanol–water partition coefficient (Wildman–Crippen LogP) is 8.32. The number of hydrogen-bond donors (Lipinski definition) is 0. The van der Waals surface area contributed by atoms with Crippen LogP contribution in [0.4, 0.5) is 0 Å².